The second-order valence-corrected chi connectivity index (χ2v) is 7.93. The Hall–Kier alpha value is -4.33. The Labute approximate surface area is 210 Å². The molecule has 0 bridgehead atoms. The fraction of sp³-hybridized carbons (Fsp3) is 0.250. The van der Waals surface area contributed by atoms with Gasteiger partial charge in [0.05, 0.1) is 13.7 Å². The molecule has 0 fully saturated rings. The molecule has 0 aliphatic rings. The number of carbonyl (C=O) groups excluding carboxylic acids is 3. The second kappa shape index (κ2) is 12.9. The summed E-state index contributed by atoms with van der Waals surface area (Å²) < 4.78 is 15.9. The van der Waals surface area contributed by atoms with Gasteiger partial charge in [0, 0.05) is 31.1 Å². The highest BCUT2D eigenvalue weighted by Gasteiger charge is 2.12. The molecule has 36 heavy (non-hydrogen) atoms. The topological polar surface area (TPSA) is 103 Å². The number of esters is 1. The van der Waals surface area contributed by atoms with Crippen molar-refractivity contribution < 1.29 is 28.6 Å². The molecule has 8 nitrogen and oxygen atoms in total. The van der Waals surface area contributed by atoms with E-state index >= 15 is 0 Å². The number of benzene rings is 3. The molecule has 0 saturated carbocycles. The number of hydrogen-bond donors (Lipinski definition) is 2. The number of nitrogens with one attached hydrogen (secondary N) is 2. The van der Waals surface area contributed by atoms with Crippen LogP contribution in [0.4, 0.5) is 5.69 Å². The van der Waals surface area contributed by atoms with Crippen LogP contribution in [0, 0.1) is 0 Å². The zero-order chi connectivity index (χ0) is 25.9. The molecule has 0 aromatic heterocycles. The van der Waals surface area contributed by atoms with Crippen LogP contribution in [-0.2, 0) is 22.6 Å². The summed E-state index contributed by atoms with van der Waals surface area (Å²) in [5.41, 5.74) is 2.71. The van der Waals surface area contributed by atoms with Gasteiger partial charge < -0.3 is 24.8 Å². The predicted octanol–water partition coefficient (Wildman–Crippen LogP) is 4.52. The van der Waals surface area contributed by atoms with Gasteiger partial charge in [-0.25, -0.2) is 0 Å². The lowest BCUT2D eigenvalue weighted by Crippen LogP contribution is -2.24. The quantitative estimate of drug-likeness (QED) is 0.303. The number of methoxy groups -OCH3 is 1. The Kier molecular flexibility index (Phi) is 9.45. The number of hydrogen-bond acceptors (Lipinski definition) is 6. The van der Waals surface area contributed by atoms with Crippen LogP contribution in [0.3, 0.4) is 0 Å². The molecule has 3 aromatic carbocycles. The van der Waals surface area contributed by atoms with Gasteiger partial charge in [-0.2, -0.15) is 0 Å². The van der Waals surface area contributed by atoms with Crippen molar-refractivity contribution in [2.75, 3.05) is 19.0 Å². The van der Waals surface area contributed by atoms with Crippen molar-refractivity contribution in [1.29, 1.82) is 0 Å². The van der Waals surface area contributed by atoms with E-state index in [0.717, 1.165) is 11.1 Å². The summed E-state index contributed by atoms with van der Waals surface area (Å²) in [5.74, 6) is 0.675. The molecule has 0 aliphatic carbocycles. The largest absolute Gasteiger partial charge is 0.493 e. The van der Waals surface area contributed by atoms with Crippen molar-refractivity contribution in [2.45, 2.75) is 33.2 Å². The molecule has 0 unspecified atom stereocenters. The maximum Gasteiger partial charge on any atom is 0.308 e. The van der Waals surface area contributed by atoms with Crippen LogP contribution in [-0.4, -0.2) is 31.5 Å². The zero-order valence-corrected chi connectivity index (χ0v) is 20.6. The maximum absolute atomic E-state index is 12.7. The van der Waals surface area contributed by atoms with E-state index < -0.39 is 5.97 Å². The van der Waals surface area contributed by atoms with Crippen LogP contribution in [0.2, 0.25) is 0 Å². The molecule has 188 valence electrons. The van der Waals surface area contributed by atoms with E-state index in [4.69, 9.17) is 14.2 Å². The number of aryl methyl sites for hydroxylation is 1. The average Bonchev–Trinajstić information content (AvgIpc) is 2.87. The Morgan fingerprint density at radius 3 is 2.47 bits per heavy atom. The summed E-state index contributed by atoms with van der Waals surface area (Å²) in [6.07, 6.45) is 0.812. The van der Waals surface area contributed by atoms with Gasteiger partial charge in [-0.1, -0.05) is 30.3 Å². The molecule has 8 heteroatoms. The highest BCUT2D eigenvalue weighted by Crippen LogP contribution is 2.28. The van der Waals surface area contributed by atoms with Gasteiger partial charge in [-0.15, -0.1) is 0 Å². The fourth-order valence-corrected chi connectivity index (χ4v) is 3.55. The minimum absolute atomic E-state index is 0.143. The number of amides is 2. The monoisotopic (exact) mass is 490 g/mol. The molecule has 2 amide bonds. The number of carbonyl (C=O) groups is 3. The van der Waals surface area contributed by atoms with Gasteiger partial charge in [0.1, 0.15) is 5.75 Å². The van der Waals surface area contributed by atoms with Crippen molar-refractivity contribution >= 4 is 23.5 Å². The molecule has 0 atom stereocenters. The molecule has 0 spiro atoms. The summed E-state index contributed by atoms with van der Waals surface area (Å²) >= 11 is 0. The minimum atomic E-state index is -0.459. The van der Waals surface area contributed by atoms with Crippen molar-refractivity contribution in [3.8, 4) is 17.2 Å². The first-order valence-electron chi connectivity index (χ1n) is 11.6. The van der Waals surface area contributed by atoms with Crippen molar-refractivity contribution in [2.24, 2.45) is 0 Å². The summed E-state index contributed by atoms with van der Waals surface area (Å²) in [4.78, 5) is 36.4. The molecular formula is C28H30N2O6. The van der Waals surface area contributed by atoms with Gasteiger partial charge in [0.25, 0.3) is 5.91 Å². The van der Waals surface area contributed by atoms with E-state index in [1.807, 2.05) is 43.3 Å². The predicted molar refractivity (Wildman–Crippen MR) is 136 cm³/mol. The van der Waals surface area contributed by atoms with Gasteiger partial charge in [0.2, 0.25) is 5.91 Å². The smallest absolute Gasteiger partial charge is 0.308 e. The van der Waals surface area contributed by atoms with Gasteiger partial charge in [-0.3, -0.25) is 14.4 Å². The Morgan fingerprint density at radius 2 is 1.72 bits per heavy atom. The Bertz CT molecular complexity index is 1220. The number of rotatable bonds is 11. The van der Waals surface area contributed by atoms with Crippen molar-refractivity contribution in [1.82, 2.24) is 5.32 Å². The van der Waals surface area contributed by atoms with E-state index in [2.05, 4.69) is 10.6 Å². The number of para-hydroxylation sites is 1. The molecule has 0 saturated heterocycles. The van der Waals surface area contributed by atoms with E-state index in [0.29, 0.717) is 41.5 Å². The third kappa shape index (κ3) is 7.59. The summed E-state index contributed by atoms with van der Waals surface area (Å²) in [6, 6.07) is 19.3. The standard InChI is InChI=1S/C28H30N2O6/c1-4-35-25-14-12-20(16-26(25)34-3)13-15-27(32)30-24-11-6-5-8-22(24)18-29-28(33)21-9-7-10-23(17-21)36-19(2)31/h5-12,14,16-17H,4,13,15,18H2,1-3H3,(H,29,33)(H,30,32). The van der Waals surface area contributed by atoms with Crippen molar-refractivity contribution in [3.05, 3.63) is 83.4 Å². The Morgan fingerprint density at radius 1 is 0.917 bits per heavy atom. The summed E-state index contributed by atoms with van der Waals surface area (Å²) in [6.45, 7) is 3.96. The van der Waals surface area contributed by atoms with Crippen LogP contribution in [0.1, 0.15) is 41.8 Å². The van der Waals surface area contributed by atoms with E-state index in [9.17, 15) is 14.4 Å². The van der Waals surface area contributed by atoms with E-state index in [1.165, 1.54) is 13.0 Å². The second-order valence-electron chi connectivity index (χ2n) is 7.93. The van der Waals surface area contributed by atoms with E-state index in [1.54, 1.807) is 31.4 Å². The SMILES string of the molecule is CCOc1ccc(CCC(=O)Nc2ccccc2CNC(=O)c2cccc(OC(C)=O)c2)cc1OC. The van der Waals surface area contributed by atoms with Crippen LogP contribution >= 0.6 is 0 Å². The molecule has 0 radical (unpaired) electrons. The highest BCUT2D eigenvalue weighted by atomic mass is 16.5. The average molecular weight is 491 g/mol. The van der Waals surface area contributed by atoms with Gasteiger partial charge >= 0.3 is 5.97 Å². The normalized spacial score (nSPS) is 10.3. The maximum atomic E-state index is 12.7. The number of ether oxygens (including phenoxy) is 3. The first-order chi connectivity index (χ1) is 17.4. The lowest BCUT2D eigenvalue weighted by atomic mass is 10.1. The highest BCUT2D eigenvalue weighted by molar-refractivity contribution is 5.95. The van der Waals surface area contributed by atoms with Crippen LogP contribution in [0.5, 0.6) is 17.2 Å². The number of anilines is 1. The molecular weight excluding hydrogens is 460 g/mol. The molecule has 2 N–H and O–H groups in total. The third-order valence-corrected chi connectivity index (χ3v) is 5.26. The first-order valence-corrected chi connectivity index (χ1v) is 11.6. The third-order valence-electron chi connectivity index (χ3n) is 5.26. The van der Waals surface area contributed by atoms with Crippen LogP contribution in [0.15, 0.2) is 66.7 Å². The zero-order valence-electron chi connectivity index (χ0n) is 20.6. The van der Waals surface area contributed by atoms with Crippen LogP contribution in [0.25, 0.3) is 0 Å². The van der Waals surface area contributed by atoms with Crippen LogP contribution < -0.4 is 24.8 Å². The fourth-order valence-electron chi connectivity index (χ4n) is 3.55. The first kappa shape index (κ1) is 26.3. The molecule has 3 aromatic rings. The van der Waals surface area contributed by atoms with Gasteiger partial charge in [-0.05, 0) is 60.9 Å². The molecule has 3 rings (SSSR count). The van der Waals surface area contributed by atoms with Gasteiger partial charge in [0.15, 0.2) is 11.5 Å². The van der Waals surface area contributed by atoms with E-state index in [-0.39, 0.29) is 24.8 Å². The molecule has 0 aliphatic heterocycles. The Balaban J connectivity index is 1.58. The van der Waals surface area contributed by atoms with Crippen molar-refractivity contribution in [3.63, 3.8) is 0 Å². The summed E-state index contributed by atoms with van der Waals surface area (Å²) in [7, 11) is 1.58. The minimum Gasteiger partial charge on any atom is -0.493 e. The summed E-state index contributed by atoms with van der Waals surface area (Å²) in [5, 5.41) is 5.77. The lowest BCUT2D eigenvalue weighted by molar-refractivity contribution is -0.131. The lowest BCUT2D eigenvalue weighted by Gasteiger charge is -2.13. The molecule has 0 heterocycles.